The third-order valence-corrected chi connectivity index (χ3v) is 3.88. The Bertz CT molecular complexity index is 551. The predicted octanol–water partition coefficient (Wildman–Crippen LogP) is 2.39. The second kappa shape index (κ2) is 5.21. The lowest BCUT2D eigenvalue weighted by molar-refractivity contribution is 0.756. The smallest absolute Gasteiger partial charge is 0.165 e. The van der Waals surface area contributed by atoms with Crippen molar-refractivity contribution in [2.45, 2.75) is 20.3 Å². The van der Waals surface area contributed by atoms with Crippen LogP contribution in [0.5, 0.6) is 0 Å². The van der Waals surface area contributed by atoms with Crippen molar-refractivity contribution >= 4 is 28.4 Å². The second-order valence-electron chi connectivity index (χ2n) is 4.06. The summed E-state index contributed by atoms with van der Waals surface area (Å²) in [5.41, 5.74) is 3.00. The quantitative estimate of drug-likeness (QED) is 0.858. The molecule has 0 bridgehead atoms. The number of aryl methyl sites for hydroxylation is 3. The first-order valence-electron chi connectivity index (χ1n) is 5.81. The van der Waals surface area contributed by atoms with Crippen LogP contribution in [0.25, 0.3) is 11.4 Å². The van der Waals surface area contributed by atoms with Crippen LogP contribution >= 0.6 is 22.6 Å². The lowest BCUT2D eigenvalue weighted by Crippen LogP contribution is -2.04. The molecule has 0 aliphatic carbocycles. The highest BCUT2D eigenvalue weighted by Crippen LogP contribution is 2.25. The van der Waals surface area contributed by atoms with Gasteiger partial charge >= 0.3 is 0 Å². The highest BCUT2D eigenvalue weighted by Gasteiger charge is 2.14. The minimum absolute atomic E-state index is 0.738. The third kappa shape index (κ3) is 2.33. The Morgan fingerprint density at radius 2 is 2.11 bits per heavy atom. The highest BCUT2D eigenvalue weighted by molar-refractivity contribution is 14.1. The van der Waals surface area contributed by atoms with Crippen molar-refractivity contribution < 1.29 is 0 Å². The summed E-state index contributed by atoms with van der Waals surface area (Å²) in [5, 5.41) is 7.46. The van der Waals surface area contributed by atoms with E-state index in [1.807, 2.05) is 27.2 Å². The van der Waals surface area contributed by atoms with Gasteiger partial charge in [-0.25, -0.2) is 9.97 Å². The van der Waals surface area contributed by atoms with Gasteiger partial charge < -0.3 is 5.32 Å². The zero-order chi connectivity index (χ0) is 13.3. The lowest BCUT2D eigenvalue weighted by Gasteiger charge is -2.09. The number of halogens is 1. The van der Waals surface area contributed by atoms with E-state index in [0.717, 1.165) is 38.6 Å². The zero-order valence-corrected chi connectivity index (χ0v) is 13.1. The van der Waals surface area contributed by atoms with Crippen molar-refractivity contribution in [2.75, 3.05) is 12.4 Å². The van der Waals surface area contributed by atoms with E-state index in [2.05, 4.69) is 49.9 Å². The largest absolute Gasteiger partial charge is 0.372 e. The minimum atomic E-state index is 0.738. The molecule has 2 aromatic rings. The van der Waals surface area contributed by atoms with E-state index in [1.165, 1.54) is 0 Å². The summed E-state index contributed by atoms with van der Waals surface area (Å²) in [6.07, 6.45) is 2.85. The van der Waals surface area contributed by atoms with Crippen LogP contribution < -0.4 is 5.32 Å². The van der Waals surface area contributed by atoms with Crippen molar-refractivity contribution in [3.63, 3.8) is 0 Å². The van der Waals surface area contributed by atoms with E-state index < -0.39 is 0 Å². The number of rotatable bonds is 3. The zero-order valence-electron chi connectivity index (χ0n) is 11.0. The van der Waals surface area contributed by atoms with Crippen molar-refractivity contribution in [3.05, 3.63) is 21.2 Å². The lowest BCUT2D eigenvalue weighted by atomic mass is 10.2. The Hall–Kier alpha value is -1.18. The molecule has 0 radical (unpaired) electrons. The fraction of sp³-hybridized carbons (Fsp3) is 0.417. The van der Waals surface area contributed by atoms with Gasteiger partial charge in [0.05, 0.1) is 20.5 Å². The molecule has 0 saturated carbocycles. The van der Waals surface area contributed by atoms with Gasteiger partial charge in [0.25, 0.3) is 0 Å². The molecule has 2 rings (SSSR count). The molecule has 0 aromatic carbocycles. The molecule has 0 aliphatic rings. The molecule has 5 nitrogen and oxygen atoms in total. The number of anilines is 1. The first-order valence-corrected chi connectivity index (χ1v) is 6.89. The van der Waals surface area contributed by atoms with E-state index in [1.54, 1.807) is 4.68 Å². The van der Waals surface area contributed by atoms with E-state index in [4.69, 9.17) is 0 Å². The molecule has 0 unspecified atom stereocenters. The van der Waals surface area contributed by atoms with Crippen LogP contribution in [0.2, 0.25) is 0 Å². The van der Waals surface area contributed by atoms with Gasteiger partial charge in [0.2, 0.25) is 0 Å². The van der Waals surface area contributed by atoms with Crippen molar-refractivity contribution in [3.8, 4) is 11.4 Å². The topological polar surface area (TPSA) is 55.6 Å². The van der Waals surface area contributed by atoms with Crippen LogP contribution in [0.4, 0.5) is 5.82 Å². The van der Waals surface area contributed by atoms with E-state index in [-0.39, 0.29) is 0 Å². The first kappa shape index (κ1) is 13.3. The minimum Gasteiger partial charge on any atom is -0.372 e. The van der Waals surface area contributed by atoms with Crippen LogP contribution in [0, 0.1) is 10.5 Å². The maximum atomic E-state index is 4.63. The maximum absolute atomic E-state index is 4.63. The Labute approximate surface area is 120 Å². The number of nitrogens with one attached hydrogen (secondary N) is 1. The third-order valence-electron chi connectivity index (χ3n) is 2.75. The Kier molecular flexibility index (Phi) is 3.84. The standard InChI is InChI=1S/C12H16IN5/c1-5-9-10(13)12(14-3)16-11(15-9)8-6-18(4)17-7(8)2/h6H,5H2,1-4H3,(H,14,15,16). The molecule has 0 atom stereocenters. The van der Waals surface area contributed by atoms with Gasteiger partial charge in [0.1, 0.15) is 5.82 Å². The molecule has 1 N–H and O–H groups in total. The van der Waals surface area contributed by atoms with Gasteiger partial charge in [-0.15, -0.1) is 0 Å². The maximum Gasteiger partial charge on any atom is 0.165 e. The van der Waals surface area contributed by atoms with Gasteiger partial charge in [-0.05, 0) is 35.9 Å². The summed E-state index contributed by atoms with van der Waals surface area (Å²) < 4.78 is 2.87. The second-order valence-corrected chi connectivity index (χ2v) is 5.14. The Morgan fingerprint density at radius 3 is 2.61 bits per heavy atom. The van der Waals surface area contributed by atoms with Crippen LogP contribution in [0.1, 0.15) is 18.3 Å². The summed E-state index contributed by atoms with van der Waals surface area (Å²) in [6.45, 7) is 4.07. The number of nitrogens with zero attached hydrogens (tertiary/aromatic N) is 4. The molecule has 0 spiro atoms. The molecular weight excluding hydrogens is 341 g/mol. The molecule has 2 aromatic heterocycles. The van der Waals surface area contributed by atoms with Gasteiger partial charge in [-0.3, -0.25) is 4.68 Å². The fourth-order valence-corrected chi connectivity index (χ4v) is 2.73. The van der Waals surface area contributed by atoms with Crippen molar-refractivity contribution in [1.29, 1.82) is 0 Å². The van der Waals surface area contributed by atoms with Crippen LogP contribution in [0.3, 0.4) is 0 Å². The van der Waals surface area contributed by atoms with Gasteiger partial charge in [0.15, 0.2) is 5.82 Å². The average molecular weight is 357 g/mol. The van der Waals surface area contributed by atoms with Gasteiger partial charge in [-0.2, -0.15) is 5.10 Å². The summed E-state index contributed by atoms with van der Waals surface area (Å²) >= 11 is 2.28. The first-order chi connectivity index (χ1) is 8.56. The Morgan fingerprint density at radius 1 is 1.39 bits per heavy atom. The van der Waals surface area contributed by atoms with Gasteiger partial charge in [0, 0.05) is 20.3 Å². The molecule has 0 saturated heterocycles. The van der Waals surface area contributed by atoms with E-state index >= 15 is 0 Å². The highest BCUT2D eigenvalue weighted by atomic mass is 127. The molecular formula is C12H16IN5. The summed E-state index contributed by atoms with van der Waals surface area (Å²) in [5.74, 6) is 1.61. The molecule has 0 fully saturated rings. The fourth-order valence-electron chi connectivity index (χ4n) is 1.83. The molecule has 2 heterocycles. The predicted molar refractivity (Wildman–Crippen MR) is 80.6 cm³/mol. The molecule has 18 heavy (non-hydrogen) atoms. The van der Waals surface area contributed by atoms with Crippen LogP contribution in [-0.4, -0.2) is 26.8 Å². The van der Waals surface area contributed by atoms with Crippen LogP contribution in [0.15, 0.2) is 6.20 Å². The summed E-state index contributed by atoms with van der Waals surface area (Å²) in [6, 6.07) is 0. The normalized spacial score (nSPS) is 10.7. The molecule has 6 heteroatoms. The molecule has 96 valence electrons. The SMILES string of the molecule is CCc1nc(-c2cn(C)nc2C)nc(NC)c1I. The summed E-state index contributed by atoms with van der Waals surface area (Å²) in [4.78, 5) is 9.19. The number of hydrogen-bond acceptors (Lipinski definition) is 4. The Balaban J connectivity index is 2.61. The van der Waals surface area contributed by atoms with Crippen molar-refractivity contribution in [1.82, 2.24) is 19.7 Å². The van der Waals surface area contributed by atoms with Crippen molar-refractivity contribution in [2.24, 2.45) is 7.05 Å². The molecule has 0 aliphatic heterocycles. The molecule has 0 amide bonds. The number of aromatic nitrogens is 4. The monoisotopic (exact) mass is 357 g/mol. The van der Waals surface area contributed by atoms with E-state index in [9.17, 15) is 0 Å². The van der Waals surface area contributed by atoms with Crippen LogP contribution in [-0.2, 0) is 13.5 Å². The van der Waals surface area contributed by atoms with E-state index in [0.29, 0.717) is 0 Å². The van der Waals surface area contributed by atoms with Gasteiger partial charge in [-0.1, -0.05) is 6.92 Å². The summed E-state index contributed by atoms with van der Waals surface area (Å²) in [7, 11) is 3.78. The number of hydrogen-bond donors (Lipinski definition) is 1. The average Bonchev–Trinajstić information content (AvgIpc) is 2.69.